The van der Waals surface area contributed by atoms with Crippen LogP contribution in [0.5, 0.6) is 0 Å². The van der Waals surface area contributed by atoms with Crippen LogP contribution in [0.1, 0.15) is 36.0 Å². The minimum absolute atomic E-state index is 0.0228. The Bertz CT molecular complexity index is 422. The van der Waals surface area contributed by atoms with E-state index in [0.717, 1.165) is 17.7 Å². The summed E-state index contributed by atoms with van der Waals surface area (Å²) in [4.78, 5) is 12.6. The van der Waals surface area contributed by atoms with Gasteiger partial charge < -0.3 is 5.32 Å². The maximum absolute atomic E-state index is 11.9. The Hall–Kier alpha value is -1.16. The molecule has 0 radical (unpaired) electrons. The molecule has 1 N–H and O–H groups in total. The van der Waals surface area contributed by atoms with Gasteiger partial charge in [0.05, 0.1) is 0 Å². The van der Waals surface area contributed by atoms with Crippen LogP contribution in [0.15, 0.2) is 29.2 Å². The van der Waals surface area contributed by atoms with E-state index in [1.807, 2.05) is 0 Å². The first-order valence-corrected chi connectivity index (χ1v) is 7.47. The fourth-order valence-electron chi connectivity index (χ4n) is 2.14. The molecule has 1 fully saturated rings. The molecule has 1 aromatic rings. The molecule has 1 atom stereocenters. The van der Waals surface area contributed by atoms with E-state index in [4.69, 9.17) is 0 Å². The molecule has 0 saturated heterocycles. The Morgan fingerprint density at radius 1 is 1.24 bits per heavy atom. The number of benzene rings is 1. The van der Waals surface area contributed by atoms with Crippen molar-refractivity contribution in [3.8, 4) is 0 Å². The lowest BCUT2D eigenvalue weighted by molar-refractivity contribution is 0.0938. The fourth-order valence-corrected chi connectivity index (χ4v) is 2.66. The molecule has 92 valence electrons. The number of rotatable bonds is 3. The highest BCUT2D eigenvalue weighted by atomic mass is 32.2. The molecule has 0 bridgehead atoms. The Labute approximate surface area is 104 Å². The summed E-state index contributed by atoms with van der Waals surface area (Å²) in [6, 6.07) is 7.31. The smallest absolute Gasteiger partial charge is 0.251 e. The highest BCUT2D eigenvalue weighted by Crippen LogP contribution is 2.18. The third-order valence-electron chi connectivity index (χ3n) is 3.14. The SMILES string of the molecule is CS(=O)c1ccc(C(=O)NC2CCCC2)cc1. The summed E-state index contributed by atoms with van der Waals surface area (Å²) in [5.41, 5.74) is 0.645. The van der Waals surface area contributed by atoms with E-state index >= 15 is 0 Å². The van der Waals surface area contributed by atoms with Crippen LogP contribution in [-0.4, -0.2) is 22.4 Å². The van der Waals surface area contributed by atoms with Crippen LogP contribution >= 0.6 is 0 Å². The van der Waals surface area contributed by atoms with Crippen molar-refractivity contribution in [2.45, 2.75) is 36.6 Å². The average Bonchev–Trinajstić information content (AvgIpc) is 2.82. The first-order valence-electron chi connectivity index (χ1n) is 5.91. The highest BCUT2D eigenvalue weighted by Gasteiger charge is 2.17. The molecule has 2 rings (SSSR count). The monoisotopic (exact) mass is 251 g/mol. The van der Waals surface area contributed by atoms with Crippen molar-refractivity contribution >= 4 is 16.7 Å². The minimum atomic E-state index is -0.986. The number of hydrogen-bond acceptors (Lipinski definition) is 2. The van der Waals surface area contributed by atoms with Gasteiger partial charge in [0.1, 0.15) is 0 Å². The van der Waals surface area contributed by atoms with E-state index in [1.165, 1.54) is 12.8 Å². The summed E-state index contributed by atoms with van der Waals surface area (Å²) in [6.45, 7) is 0. The summed E-state index contributed by atoms with van der Waals surface area (Å²) in [5.74, 6) is -0.0228. The summed E-state index contributed by atoms with van der Waals surface area (Å²) in [6.07, 6.45) is 6.22. The van der Waals surface area contributed by atoms with Crippen LogP contribution in [0, 0.1) is 0 Å². The van der Waals surface area contributed by atoms with Crippen molar-refractivity contribution in [1.29, 1.82) is 0 Å². The quantitative estimate of drug-likeness (QED) is 0.894. The van der Waals surface area contributed by atoms with Gasteiger partial charge in [0.15, 0.2) is 0 Å². The average molecular weight is 251 g/mol. The zero-order valence-corrected chi connectivity index (χ0v) is 10.8. The molecule has 1 aromatic carbocycles. The van der Waals surface area contributed by atoms with Crippen molar-refractivity contribution in [2.75, 3.05) is 6.26 Å². The highest BCUT2D eigenvalue weighted by molar-refractivity contribution is 7.84. The predicted octanol–water partition coefficient (Wildman–Crippen LogP) is 2.10. The van der Waals surface area contributed by atoms with E-state index in [0.29, 0.717) is 11.6 Å². The molecule has 4 heteroatoms. The van der Waals surface area contributed by atoms with Crippen LogP contribution in [0.4, 0.5) is 0 Å². The molecule has 1 saturated carbocycles. The number of carbonyl (C=O) groups is 1. The standard InChI is InChI=1S/C13H17NO2S/c1-17(16)12-8-6-10(7-9-12)13(15)14-11-4-2-3-5-11/h6-9,11H,2-5H2,1H3,(H,14,15). The largest absolute Gasteiger partial charge is 0.349 e. The Morgan fingerprint density at radius 3 is 2.35 bits per heavy atom. The maximum Gasteiger partial charge on any atom is 0.251 e. The molecule has 0 spiro atoms. The van der Waals surface area contributed by atoms with Gasteiger partial charge in [-0.05, 0) is 37.1 Å². The topological polar surface area (TPSA) is 46.2 Å². The van der Waals surface area contributed by atoms with E-state index in [2.05, 4.69) is 5.32 Å². The van der Waals surface area contributed by atoms with Gasteiger partial charge in [0, 0.05) is 33.6 Å². The van der Waals surface area contributed by atoms with Crippen LogP contribution in [0.25, 0.3) is 0 Å². The number of amides is 1. The lowest BCUT2D eigenvalue weighted by Gasteiger charge is -2.11. The van der Waals surface area contributed by atoms with E-state index in [9.17, 15) is 9.00 Å². The van der Waals surface area contributed by atoms with Crippen molar-refractivity contribution in [3.05, 3.63) is 29.8 Å². The first kappa shape index (κ1) is 12.3. The second-order valence-electron chi connectivity index (χ2n) is 4.43. The van der Waals surface area contributed by atoms with Crippen molar-refractivity contribution in [1.82, 2.24) is 5.32 Å². The molecule has 3 nitrogen and oxygen atoms in total. The molecule has 0 aromatic heterocycles. The van der Waals surface area contributed by atoms with Gasteiger partial charge in [-0.3, -0.25) is 9.00 Å². The lowest BCUT2D eigenvalue weighted by atomic mass is 10.2. The summed E-state index contributed by atoms with van der Waals surface area (Å²) in [5, 5.41) is 3.03. The summed E-state index contributed by atoms with van der Waals surface area (Å²) < 4.78 is 11.2. The molecular formula is C13H17NO2S. The second-order valence-corrected chi connectivity index (χ2v) is 5.81. The Balaban J connectivity index is 2.01. The van der Waals surface area contributed by atoms with Crippen LogP contribution in [-0.2, 0) is 10.8 Å². The van der Waals surface area contributed by atoms with E-state index in [-0.39, 0.29) is 5.91 Å². The van der Waals surface area contributed by atoms with Crippen molar-refractivity contribution in [3.63, 3.8) is 0 Å². The predicted molar refractivity (Wildman–Crippen MR) is 68.5 cm³/mol. The molecule has 1 aliphatic carbocycles. The van der Waals surface area contributed by atoms with Crippen LogP contribution in [0.3, 0.4) is 0 Å². The Kier molecular flexibility index (Phi) is 3.94. The van der Waals surface area contributed by atoms with Gasteiger partial charge in [-0.2, -0.15) is 0 Å². The van der Waals surface area contributed by atoms with E-state index < -0.39 is 10.8 Å². The molecule has 0 aliphatic heterocycles. The molecule has 1 unspecified atom stereocenters. The lowest BCUT2D eigenvalue weighted by Crippen LogP contribution is -2.32. The van der Waals surface area contributed by atoms with Crippen LogP contribution < -0.4 is 5.32 Å². The minimum Gasteiger partial charge on any atom is -0.349 e. The zero-order chi connectivity index (χ0) is 12.3. The van der Waals surface area contributed by atoms with Crippen molar-refractivity contribution < 1.29 is 9.00 Å². The van der Waals surface area contributed by atoms with Gasteiger partial charge in [0.25, 0.3) is 5.91 Å². The van der Waals surface area contributed by atoms with Crippen LogP contribution in [0.2, 0.25) is 0 Å². The third kappa shape index (κ3) is 3.16. The van der Waals surface area contributed by atoms with Gasteiger partial charge in [0.2, 0.25) is 0 Å². The molecule has 1 aliphatic rings. The number of nitrogens with one attached hydrogen (secondary N) is 1. The summed E-state index contributed by atoms with van der Waals surface area (Å²) >= 11 is 0. The maximum atomic E-state index is 11.9. The normalized spacial score (nSPS) is 17.9. The third-order valence-corrected chi connectivity index (χ3v) is 4.07. The Morgan fingerprint density at radius 2 is 1.82 bits per heavy atom. The zero-order valence-electron chi connectivity index (χ0n) is 9.94. The van der Waals surface area contributed by atoms with Gasteiger partial charge in [-0.25, -0.2) is 0 Å². The molecule has 1 amide bonds. The van der Waals surface area contributed by atoms with Gasteiger partial charge in [-0.1, -0.05) is 12.8 Å². The molecule has 0 heterocycles. The number of hydrogen-bond donors (Lipinski definition) is 1. The fraction of sp³-hybridized carbons (Fsp3) is 0.462. The second kappa shape index (κ2) is 5.45. The molecule has 17 heavy (non-hydrogen) atoms. The van der Waals surface area contributed by atoms with Crippen molar-refractivity contribution in [2.24, 2.45) is 0 Å². The van der Waals surface area contributed by atoms with Gasteiger partial charge in [-0.15, -0.1) is 0 Å². The first-order chi connectivity index (χ1) is 8.16. The van der Waals surface area contributed by atoms with E-state index in [1.54, 1.807) is 30.5 Å². The van der Waals surface area contributed by atoms with Gasteiger partial charge >= 0.3 is 0 Å². The molecular weight excluding hydrogens is 234 g/mol. The number of carbonyl (C=O) groups excluding carboxylic acids is 1. The summed E-state index contributed by atoms with van der Waals surface area (Å²) in [7, 11) is -0.986.